The Hall–Kier alpha value is -1.12. The van der Waals surface area contributed by atoms with Gasteiger partial charge in [0.2, 0.25) is 0 Å². The summed E-state index contributed by atoms with van der Waals surface area (Å²) in [5.74, 6) is 0. The van der Waals surface area contributed by atoms with Crippen LogP contribution < -0.4 is 5.32 Å². The van der Waals surface area contributed by atoms with E-state index in [2.05, 4.69) is 54.9 Å². The van der Waals surface area contributed by atoms with Crippen molar-refractivity contribution in [1.82, 2.24) is 10.2 Å². The molecule has 1 aliphatic rings. The first-order valence-electron chi connectivity index (χ1n) is 6.86. The van der Waals surface area contributed by atoms with Gasteiger partial charge < -0.3 is 5.32 Å². The van der Waals surface area contributed by atoms with E-state index in [4.69, 9.17) is 0 Å². The van der Waals surface area contributed by atoms with Crippen LogP contribution in [0.5, 0.6) is 0 Å². The van der Waals surface area contributed by atoms with E-state index in [0.717, 1.165) is 32.6 Å². The zero-order valence-electron chi connectivity index (χ0n) is 11.6. The van der Waals surface area contributed by atoms with Crippen LogP contribution in [0.25, 0.3) is 0 Å². The zero-order chi connectivity index (χ0) is 13.0. The Morgan fingerprint density at radius 3 is 2.44 bits per heavy atom. The molecular weight excluding hydrogens is 220 g/mol. The maximum atomic E-state index is 3.94. The van der Waals surface area contributed by atoms with E-state index >= 15 is 0 Å². The van der Waals surface area contributed by atoms with E-state index in [9.17, 15) is 0 Å². The van der Waals surface area contributed by atoms with Gasteiger partial charge >= 0.3 is 0 Å². The van der Waals surface area contributed by atoms with Crippen LogP contribution in [0.15, 0.2) is 30.9 Å². The van der Waals surface area contributed by atoms with Crippen molar-refractivity contribution in [2.24, 2.45) is 0 Å². The summed E-state index contributed by atoms with van der Waals surface area (Å²) in [6.07, 6.45) is 3.09. The number of aryl methyl sites for hydroxylation is 2. The molecule has 18 heavy (non-hydrogen) atoms. The third kappa shape index (κ3) is 2.82. The number of nitrogens with zero attached hydrogens (tertiary/aromatic N) is 1. The summed E-state index contributed by atoms with van der Waals surface area (Å²) in [5.41, 5.74) is 4.31. The standard InChI is InChI=1S/C16H24N2/c1-4-6-15(18-11-9-17-10-12-18)16-13(2)7-5-8-14(16)3/h4-5,7-8,15,17H,1,6,9-12H2,2-3H3/t15-/m1/s1. The van der Waals surface area contributed by atoms with Crippen LogP contribution in [0.1, 0.15) is 29.2 Å². The van der Waals surface area contributed by atoms with Gasteiger partial charge in [0.15, 0.2) is 0 Å². The van der Waals surface area contributed by atoms with Crippen molar-refractivity contribution in [2.75, 3.05) is 26.2 Å². The molecule has 1 heterocycles. The fourth-order valence-electron chi connectivity index (χ4n) is 2.95. The first-order chi connectivity index (χ1) is 8.74. The van der Waals surface area contributed by atoms with E-state index in [1.807, 2.05) is 0 Å². The lowest BCUT2D eigenvalue weighted by Gasteiger charge is -2.36. The molecule has 2 heteroatoms. The summed E-state index contributed by atoms with van der Waals surface area (Å²) in [5, 5.41) is 3.42. The molecule has 1 saturated heterocycles. The minimum atomic E-state index is 0.491. The van der Waals surface area contributed by atoms with Gasteiger partial charge in [0, 0.05) is 32.2 Å². The summed E-state index contributed by atoms with van der Waals surface area (Å²) in [6, 6.07) is 7.09. The lowest BCUT2D eigenvalue weighted by molar-refractivity contribution is 0.173. The molecule has 0 aliphatic carbocycles. The number of hydrogen-bond acceptors (Lipinski definition) is 2. The average molecular weight is 244 g/mol. The van der Waals surface area contributed by atoms with Crippen molar-refractivity contribution in [2.45, 2.75) is 26.3 Å². The Bertz CT molecular complexity index is 385. The molecule has 2 nitrogen and oxygen atoms in total. The maximum Gasteiger partial charge on any atom is 0.0388 e. The summed E-state index contributed by atoms with van der Waals surface area (Å²) in [7, 11) is 0. The third-order valence-corrected chi connectivity index (χ3v) is 3.86. The first-order valence-corrected chi connectivity index (χ1v) is 6.86. The minimum absolute atomic E-state index is 0.491. The van der Waals surface area contributed by atoms with Crippen molar-refractivity contribution in [3.8, 4) is 0 Å². The van der Waals surface area contributed by atoms with Gasteiger partial charge in [-0.05, 0) is 37.0 Å². The molecule has 0 bridgehead atoms. The van der Waals surface area contributed by atoms with Gasteiger partial charge in [-0.15, -0.1) is 6.58 Å². The fraction of sp³-hybridized carbons (Fsp3) is 0.500. The number of piperazine rings is 1. The molecule has 0 amide bonds. The second-order valence-corrected chi connectivity index (χ2v) is 5.13. The lowest BCUT2D eigenvalue weighted by atomic mass is 9.92. The highest BCUT2D eigenvalue weighted by Gasteiger charge is 2.23. The number of hydrogen-bond donors (Lipinski definition) is 1. The Kier molecular flexibility index (Phi) is 4.56. The average Bonchev–Trinajstić information content (AvgIpc) is 2.38. The topological polar surface area (TPSA) is 15.3 Å². The Balaban J connectivity index is 2.30. The molecular formula is C16H24N2. The van der Waals surface area contributed by atoms with E-state index in [-0.39, 0.29) is 0 Å². The molecule has 98 valence electrons. The molecule has 0 aromatic heterocycles. The van der Waals surface area contributed by atoms with E-state index < -0.39 is 0 Å². The van der Waals surface area contributed by atoms with Crippen molar-refractivity contribution in [1.29, 1.82) is 0 Å². The summed E-state index contributed by atoms with van der Waals surface area (Å²) < 4.78 is 0. The molecule has 2 rings (SSSR count). The van der Waals surface area contributed by atoms with Crippen LogP contribution in [0.2, 0.25) is 0 Å². The van der Waals surface area contributed by atoms with Gasteiger partial charge in [0.25, 0.3) is 0 Å². The normalized spacial score (nSPS) is 18.6. The number of benzene rings is 1. The largest absolute Gasteiger partial charge is 0.314 e. The molecule has 0 spiro atoms. The molecule has 0 unspecified atom stereocenters. The van der Waals surface area contributed by atoms with Crippen molar-refractivity contribution >= 4 is 0 Å². The highest BCUT2D eigenvalue weighted by molar-refractivity contribution is 5.36. The van der Waals surface area contributed by atoms with E-state index in [1.165, 1.54) is 16.7 Å². The van der Waals surface area contributed by atoms with Crippen LogP contribution in [0, 0.1) is 13.8 Å². The second-order valence-electron chi connectivity index (χ2n) is 5.13. The van der Waals surface area contributed by atoms with Gasteiger partial charge in [-0.3, -0.25) is 4.90 Å². The molecule has 0 radical (unpaired) electrons. The van der Waals surface area contributed by atoms with E-state index in [1.54, 1.807) is 0 Å². The molecule has 1 N–H and O–H groups in total. The number of nitrogens with one attached hydrogen (secondary N) is 1. The van der Waals surface area contributed by atoms with Crippen LogP contribution in [0.3, 0.4) is 0 Å². The van der Waals surface area contributed by atoms with Crippen LogP contribution >= 0.6 is 0 Å². The highest BCUT2D eigenvalue weighted by atomic mass is 15.2. The number of rotatable bonds is 4. The van der Waals surface area contributed by atoms with E-state index in [0.29, 0.717) is 6.04 Å². The predicted molar refractivity (Wildman–Crippen MR) is 77.9 cm³/mol. The molecule has 1 atom stereocenters. The Morgan fingerprint density at radius 2 is 1.89 bits per heavy atom. The van der Waals surface area contributed by atoms with Crippen molar-refractivity contribution < 1.29 is 0 Å². The quantitative estimate of drug-likeness (QED) is 0.819. The molecule has 0 saturated carbocycles. The molecule has 1 aliphatic heterocycles. The van der Waals surface area contributed by atoms with Gasteiger partial charge in [-0.1, -0.05) is 24.3 Å². The van der Waals surface area contributed by atoms with Gasteiger partial charge in [0.05, 0.1) is 0 Å². The zero-order valence-corrected chi connectivity index (χ0v) is 11.6. The summed E-state index contributed by atoms with van der Waals surface area (Å²) in [6.45, 7) is 12.8. The maximum absolute atomic E-state index is 3.94. The minimum Gasteiger partial charge on any atom is -0.314 e. The SMILES string of the molecule is C=CC[C@H](c1c(C)cccc1C)N1CCNCC1. The first kappa shape index (κ1) is 13.3. The van der Waals surface area contributed by atoms with Crippen LogP contribution in [-0.4, -0.2) is 31.1 Å². The van der Waals surface area contributed by atoms with Gasteiger partial charge in [0.1, 0.15) is 0 Å². The highest BCUT2D eigenvalue weighted by Crippen LogP contribution is 2.30. The van der Waals surface area contributed by atoms with Crippen LogP contribution in [0.4, 0.5) is 0 Å². The lowest BCUT2D eigenvalue weighted by Crippen LogP contribution is -2.45. The summed E-state index contributed by atoms with van der Waals surface area (Å²) in [4.78, 5) is 2.59. The second kappa shape index (κ2) is 6.17. The predicted octanol–water partition coefficient (Wildman–Crippen LogP) is 2.83. The van der Waals surface area contributed by atoms with Crippen molar-refractivity contribution in [3.05, 3.63) is 47.5 Å². The molecule has 1 aromatic rings. The molecule has 1 fully saturated rings. The monoisotopic (exact) mass is 244 g/mol. The van der Waals surface area contributed by atoms with Crippen molar-refractivity contribution in [3.63, 3.8) is 0 Å². The third-order valence-electron chi connectivity index (χ3n) is 3.86. The van der Waals surface area contributed by atoms with Crippen LogP contribution in [-0.2, 0) is 0 Å². The smallest absolute Gasteiger partial charge is 0.0388 e. The Labute approximate surface area is 111 Å². The van der Waals surface area contributed by atoms with Gasteiger partial charge in [-0.25, -0.2) is 0 Å². The summed E-state index contributed by atoms with van der Waals surface area (Å²) >= 11 is 0. The van der Waals surface area contributed by atoms with Gasteiger partial charge in [-0.2, -0.15) is 0 Å². The molecule has 1 aromatic carbocycles. The fourth-order valence-corrected chi connectivity index (χ4v) is 2.95. The Morgan fingerprint density at radius 1 is 1.28 bits per heavy atom.